The van der Waals surface area contributed by atoms with Gasteiger partial charge in [-0.1, -0.05) is 68.8 Å². The van der Waals surface area contributed by atoms with Crippen molar-refractivity contribution in [2.24, 2.45) is 5.92 Å². The maximum Gasteiger partial charge on any atom is 0.264 e. The number of hydrogen-bond acceptors (Lipinski definition) is 4. The monoisotopic (exact) mass is 567 g/mol. The average Bonchev–Trinajstić information content (AvgIpc) is 2.93. The molecule has 214 valence electrons. The number of nitrogens with zero attached hydrogens (tertiary/aromatic N) is 2. The highest BCUT2D eigenvalue weighted by Crippen LogP contribution is 2.25. The molecule has 1 atom stereocenters. The molecule has 3 rings (SSSR count). The minimum Gasteiger partial charge on any atom is -0.354 e. The zero-order chi connectivity index (χ0) is 29.3. The van der Waals surface area contributed by atoms with E-state index >= 15 is 0 Å². The van der Waals surface area contributed by atoms with Crippen LogP contribution < -0.4 is 9.62 Å². The average molecular weight is 568 g/mol. The fourth-order valence-electron chi connectivity index (χ4n) is 4.29. The highest BCUT2D eigenvalue weighted by Gasteiger charge is 2.33. The molecule has 7 nitrogen and oxygen atoms in total. The number of hydrogen-bond donors (Lipinski definition) is 1. The number of benzene rings is 3. The summed E-state index contributed by atoms with van der Waals surface area (Å²) >= 11 is 0. The number of sulfonamides is 1. The Balaban J connectivity index is 1.99. The molecule has 3 aromatic rings. The second kappa shape index (κ2) is 14.1. The lowest BCUT2D eigenvalue weighted by atomic mass is 10.1. The number of halogens is 1. The Morgan fingerprint density at radius 3 is 2.12 bits per heavy atom. The van der Waals surface area contributed by atoms with E-state index in [4.69, 9.17) is 0 Å². The Labute approximate surface area is 237 Å². The number of aryl methyl sites for hydroxylation is 1. The van der Waals surface area contributed by atoms with Crippen LogP contribution >= 0.6 is 0 Å². The largest absolute Gasteiger partial charge is 0.354 e. The molecule has 40 heavy (non-hydrogen) atoms. The quantitative estimate of drug-likeness (QED) is 0.317. The molecule has 0 aliphatic heterocycles. The highest BCUT2D eigenvalue weighted by molar-refractivity contribution is 7.92. The third-order valence-electron chi connectivity index (χ3n) is 6.56. The van der Waals surface area contributed by atoms with E-state index < -0.39 is 34.3 Å². The Kier molecular flexibility index (Phi) is 10.8. The molecule has 3 aromatic carbocycles. The molecule has 0 saturated carbocycles. The summed E-state index contributed by atoms with van der Waals surface area (Å²) < 4.78 is 42.3. The van der Waals surface area contributed by atoms with Crippen LogP contribution in [0.15, 0.2) is 83.8 Å². The maximum atomic E-state index is 14.0. The molecule has 0 fully saturated rings. The van der Waals surface area contributed by atoms with Crippen LogP contribution in [0.2, 0.25) is 0 Å². The summed E-state index contributed by atoms with van der Waals surface area (Å²) in [6, 6.07) is 20.1. The Bertz CT molecular complexity index is 1360. The molecule has 0 radical (unpaired) electrons. The minimum atomic E-state index is -4.19. The molecular formula is C31H38FN3O4S. The van der Waals surface area contributed by atoms with E-state index in [0.29, 0.717) is 19.4 Å². The molecular weight excluding hydrogens is 529 g/mol. The van der Waals surface area contributed by atoms with Gasteiger partial charge >= 0.3 is 0 Å². The Morgan fingerprint density at radius 2 is 1.55 bits per heavy atom. The van der Waals surface area contributed by atoms with E-state index in [1.807, 2.05) is 58.0 Å². The zero-order valence-electron chi connectivity index (χ0n) is 23.5. The van der Waals surface area contributed by atoms with Gasteiger partial charge in [-0.15, -0.1) is 0 Å². The van der Waals surface area contributed by atoms with Gasteiger partial charge in [-0.05, 0) is 67.6 Å². The summed E-state index contributed by atoms with van der Waals surface area (Å²) in [6.07, 6.45) is 0.841. The van der Waals surface area contributed by atoms with Gasteiger partial charge in [-0.2, -0.15) is 0 Å². The van der Waals surface area contributed by atoms with Crippen molar-refractivity contribution in [3.05, 3.63) is 95.8 Å². The van der Waals surface area contributed by atoms with Gasteiger partial charge in [0.1, 0.15) is 18.4 Å². The summed E-state index contributed by atoms with van der Waals surface area (Å²) in [5, 5.41) is 2.91. The van der Waals surface area contributed by atoms with Crippen LogP contribution in [0.4, 0.5) is 10.1 Å². The summed E-state index contributed by atoms with van der Waals surface area (Å²) in [6.45, 7) is 7.76. The van der Waals surface area contributed by atoms with Crippen LogP contribution in [0.3, 0.4) is 0 Å². The predicted molar refractivity (Wildman–Crippen MR) is 156 cm³/mol. The summed E-state index contributed by atoms with van der Waals surface area (Å²) in [4.78, 5) is 28.6. The molecule has 0 bridgehead atoms. The molecule has 9 heteroatoms. The van der Waals surface area contributed by atoms with Gasteiger partial charge in [-0.3, -0.25) is 13.9 Å². The van der Waals surface area contributed by atoms with Gasteiger partial charge in [0.05, 0.1) is 10.6 Å². The molecule has 0 aromatic heterocycles. The van der Waals surface area contributed by atoms with Crippen LogP contribution in [0.5, 0.6) is 0 Å². The number of carbonyl (C=O) groups excluding carboxylic acids is 2. The normalized spacial score (nSPS) is 12.2. The van der Waals surface area contributed by atoms with Gasteiger partial charge < -0.3 is 10.2 Å². The van der Waals surface area contributed by atoms with E-state index in [2.05, 4.69) is 5.32 Å². The Hall–Kier alpha value is -3.72. The van der Waals surface area contributed by atoms with Gasteiger partial charge in [0, 0.05) is 13.1 Å². The standard InChI is InChI=1S/C31H38FN3O4S/c1-5-29(31(37)33-21-23(2)3)34(20-19-25-9-7-6-8-10-25)30(36)22-35(27-15-13-26(32)14-16-27)40(38,39)28-17-11-24(4)12-18-28/h6-18,23,29H,5,19-22H2,1-4H3,(H,33,37)/t29-/m1/s1. The topological polar surface area (TPSA) is 86.8 Å². The van der Waals surface area contributed by atoms with Crippen LogP contribution in [-0.2, 0) is 26.0 Å². The van der Waals surface area contributed by atoms with Crippen LogP contribution in [0.25, 0.3) is 0 Å². The van der Waals surface area contributed by atoms with Crippen LogP contribution in [-0.4, -0.2) is 50.8 Å². The molecule has 0 spiro atoms. The molecule has 0 unspecified atom stereocenters. The van der Waals surface area contributed by atoms with E-state index in [9.17, 15) is 22.4 Å². The van der Waals surface area contributed by atoms with E-state index in [1.165, 1.54) is 29.2 Å². The van der Waals surface area contributed by atoms with E-state index in [0.717, 1.165) is 27.6 Å². The summed E-state index contributed by atoms with van der Waals surface area (Å²) in [5.41, 5.74) is 2.02. The van der Waals surface area contributed by atoms with Crippen molar-refractivity contribution in [3.8, 4) is 0 Å². The van der Waals surface area contributed by atoms with Gasteiger partial charge in [-0.25, -0.2) is 12.8 Å². The zero-order valence-corrected chi connectivity index (χ0v) is 24.3. The number of anilines is 1. The van der Waals surface area contributed by atoms with Crippen LogP contribution in [0.1, 0.15) is 38.3 Å². The molecule has 2 amide bonds. The van der Waals surface area contributed by atoms with Crippen molar-refractivity contribution in [3.63, 3.8) is 0 Å². The number of rotatable bonds is 13. The van der Waals surface area contributed by atoms with Crippen molar-refractivity contribution in [2.45, 2.75) is 51.5 Å². The molecule has 0 aliphatic rings. The summed E-state index contributed by atoms with van der Waals surface area (Å²) in [7, 11) is -4.19. The van der Waals surface area contributed by atoms with Gasteiger partial charge in [0.25, 0.3) is 10.0 Å². The second-order valence-electron chi connectivity index (χ2n) is 10.2. The third kappa shape index (κ3) is 8.14. The smallest absolute Gasteiger partial charge is 0.264 e. The van der Waals surface area contributed by atoms with Crippen molar-refractivity contribution < 1.29 is 22.4 Å². The van der Waals surface area contributed by atoms with Gasteiger partial charge in [0.2, 0.25) is 11.8 Å². The first-order chi connectivity index (χ1) is 19.0. The van der Waals surface area contributed by atoms with E-state index in [1.54, 1.807) is 12.1 Å². The SMILES string of the molecule is CC[C@H](C(=O)NCC(C)C)N(CCc1ccccc1)C(=O)CN(c1ccc(F)cc1)S(=O)(=O)c1ccc(C)cc1. The van der Waals surface area contributed by atoms with Crippen molar-refractivity contribution in [2.75, 3.05) is 23.9 Å². The number of nitrogens with one attached hydrogen (secondary N) is 1. The van der Waals surface area contributed by atoms with Gasteiger partial charge in [0.15, 0.2) is 0 Å². The van der Waals surface area contributed by atoms with Crippen LogP contribution in [0, 0.1) is 18.7 Å². The number of carbonyl (C=O) groups is 2. The lowest BCUT2D eigenvalue weighted by Gasteiger charge is -2.33. The first-order valence-electron chi connectivity index (χ1n) is 13.5. The maximum absolute atomic E-state index is 14.0. The molecule has 0 heterocycles. The molecule has 0 aliphatic carbocycles. The third-order valence-corrected chi connectivity index (χ3v) is 8.35. The highest BCUT2D eigenvalue weighted by atomic mass is 32.2. The first-order valence-corrected chi connectivity index (χ1v) is 14.9. The molecule has 1 N–H and O–H groups in total. The lowest BCUT2D eigenvalue weighted by Crippen LogP contribution is -2.53. The number of amides is 2. The fourth-order valence-corrected chi connectivity index (χ4v) is 5.71. The molecule has 0 saturated heterocycles. The second-order valence-corrected chi connectivity index (χ2v) is 12.0. The first kappa shape index (κ1) is 30.8. The minimum absolute atomic E-state index is 0.00720. The van der Waals surface area contributed by atoms with E-state index in [-0.39, 0.29) is 29.0 Å². The van der Waals surface area contributed by atoms with Crippen molar-refractivity contribution >= 4 is 27.5 Å². The fraction of sp³-hybridized carbons (Fsp3) is 0.355. The Morgan fingerprint density at radius 1 is 0.925 bits per heavy atom. The predicted octanol–water partition coefficient (Wildman–Crippen LogP) is 4.95. The summed E-state index contributed by atoms with van der Waals surface area (Å²) in [5.74, 6) is -1.11. The van der Waals surface area contributed by atoms with Crippen molar-refractivity contribution in [1.82, 2.24) is 10.2 Å². The lowest BCUT2D eigenvalue weighted by molar-refractivity contribution is -0.139. The van der Waals surface area contributed by atoms with Crippen molar-refractivity contribution in [1.29, 1.82) is 0 Å².